The molecule has 0 radical (unpaired) electrons. The van der Waals surface area contributed by atoms with Crippen molar-refractivity contribution in [3.63, 3.8) is 0 Å². The molecule has 0 bridgehead atoms. The maximum absolute atomic E-state index is 13.2. The lowest BCUT2D eigenvalue weighted by Gasteiger charge is -2.27. The van der Waals surface area contributed by atoms with Crippen molar-refractivity contribution < 1.29 is 14.1 Å². The van der Waals surface area contributed by atoms with Crippen LogP contribution in [0.2, 0.25) is 0 Å². The molecule has 7 heteroatoms. The van der Waals surface area contributed by atoms with Crippen LogP contribution >= 0.6 is 0 Å². The summed E-state index contributed by atoms with van der Waals surface area (Å²) in [5.41, 5.74) is 4.67. The lowest BCUT2D eigenvalue weighted by atomic mass is 9.84. The van der Waals surface area contributed by atoms with Crippen LogP contribution < -0.4 is 11.1 Å². The Kier molecular flexibility index (Phi) is 3.71. The van der Waals surface area contributed by atoms with E-state index >= 15 is 0 Å². The van der Waals surface area contributed by atoms with Crippen molar-refractivity contribution >= 4 is 17.3 Å². The predicted octanol–water partition coefficient (Wildman–Crippen LogP) is 2.19. The van der Waals surface area contributed by atoms with Gasteiger partial charge in [-0.25, -0.2) is 4.39 Å². The van der Waals surface area contributed by atoms with E-state index in [1.807, 2.05) is 0 Å². The molecule has 1 aromatic carbocycles. The van der Waals surface area contributed by atoms with Gasteiger partial charge in [-0.1, -0.05) is 6.42 Å². The molecule has 20 heavy (non-hydrogen) atoms. The molecule has 1 aromatic rings. The maximum Gasteiger partial charge on any atom is 0.292 e. The molecule has 3 N–H and O–H groups in total. The van der Waals surface area contributed by atoms with Crippen LogP contribution in [0.3, 0.4) is 0 Å². The Balaban J connectivity index is 2.28. The molecule has 0 aliphatic heterocycles. The third-order valence-corrected chi connectivity index (χ3v) is 3.95. The molecule has 1 fully saturated rings. The van der Waals surface area contributed by atoms with Crippen LogP contribution in [-0.4, -0.2) is 16.9 Å². The molecule has 108 valence electrons. The monoisotopic (exact) mass is 281 g/mol. The Morgan fingerprint density at radius 1 is 1.60 bits per heavy atom. The van der Waals surface area contributed by atoms with Gasteiger partial charge in [-0.2, -0.15) is 0 Å². The van der Waals surface area contributed by atoms with Gasteiger partial charge >= 0.3 is 0 Å². The topological polar surface area (TPSA) is 98.3 Å². The molecule has 0 saturated heterocycles. The summed E-state index contributed by atoms with van der Waals surface area (Å²) >= 11 is 0. The number of hydrogen-bond acceptors (Lipinski definition) is 4. The van der Waals surface area contributed by atoms with Gasteiger partial charge in [-0.05, 0) is 25.8 Å². The molecule has 1 aliphatic carbocycles. The van der Waals surface area contributed by atoms with E-state index in [4.69, 9.17) is 5.73 Å². The summed E-state index contributed by atoms with van der Waals surface area (Å²) in [6.07, 6.45) is 2.18. The number of carbonyl (C=O) groups is 1. The molecule has 1 aliphatic rings. The van der Waals surface area contributed by atoms with Gasteiger partial charge in [0.2, 0.25) is 5.91 Å². The average molecular weight is 281 g/mol. The molecule has 1 saturated carbocycles. The smallest absolute Gasteiger partial charge is 0.292 e. The fourth-order valence-corrected chi connectivity index (χ4v) is 2.51. The fourth-order valence-electron chi connectivity index (χ4n) is 2.51. The van der Waals surface area contributed by atoms with Crippen LogP contribution in [0.5, 0.6) is 0 Å². The number of amides is 1. The second-order valence-corrected chi connectivity index (χ2v) is 5.29. The molecular weight excluding hydrogens is 265 g/mol. The number of halogens is 1. The average Bonchev–Trinajstić information content (AvgIpc) is 2.70. The second-order valence-electron chi connectivity index (χ2n) is 5.29. The van der Waals surface area contributed by atoms with E-state index in [0.717, 1.165) is 31.0 Å². The Bertz CT molecular complexity index is 564. The minimum atomic E-state index is -0.778. The summed E-state index contributed by atoms with van der Waals surface area (Å²) in [5, 5.41) is 13.3. The number of anilines is 1. The summed E-state index contributed by atoms with van der Waals surface area (Å²) in [5.74, 6) is -1.05. The second kappa shape index (κ2) is 5.16. The van der Waals surface area contributed by atoms with Crippen molar-refractivity contribution in [2.45, 2.75) is 32.2 Å². The Labute approximate surface area is 115 Å². The molecule has 0 aromatic heterocycles. The van der Waals surface area contributed by atoms with Gasteiger partial charge in [-0.15, -0.1) is 0 Å². The maximum atomic E-state index is 13.2. The summed E-state index contributed by atoms with van der Waals surface area (Å²) in [7, 11) is 0. The number of rotatable bonds is 3. The number of benzene rings is 1. The highest BCUT2D eigenvalue weighted by atomic mass is 19.1. The standard InChI is InChI=1S/C13H16FN3O3/c1-13(6-2-3-11(13)15)12(18)16-9-7-8(14)4-5-10(9)17(19)20/h4-5,7,11H,2-3,6,15H2,1H3,(H,16,18). The normalized spacial score (nSPS) is 25.4. The third-order valence-electron chi connectivity index (χ3n) is 3.95. The molecule has 0 heterocycles. The fraction of sp³-hybridized carbons (Fsp3) is 0.462. The molecular formula is C13H16FN3O3. The molecule has 2 rings (SSSR count). The highest BCUT2D eigenvalue weighted by Gasteiger charge is 2.43. The van der Waals surface area contributed by atoms with E-state index in [2.05, 4.69) is 5.32 Å². The van der Waals surface area contributed by atoms with E-state index in [-0.39, 0.29) is 17.4 Å². The van der Waals surface area contributed by atoms with Crippen LogP contribution in [0.4, 0.5) is 15.8 Å². The number of nitro groups is 1. The lowest BCUT2D eigenvalue weighted by molar-refractivity contribution is -0.384. The van der Waals surface area contributed by atoms with Gasteiger partial charge in [0, 0.05) is 18.2 Å². The zero-order valence-electron chi connectivity index (χ0n) is 11.1. The molecule has 2 unspecified atom stereocenters. The highest BCUT2D eigenvalue weighted by Crippen LogP contribution is 2.38. The van der Waals surface area contributed by atoms with Crippen molar-refractivity contribution in [2.24, 2.45) is 11.1 Å². The minimum absolute atomic E-state index is 0.139. The third kappa shape index (κ3) is 2.49. The zero-order chi connectivity index (χ0) is 14.9. The summed E-state index contributed by atoms with van der Waals surface area (Å²) in [6, 6.07) is 2.66. The first-order chi connectivity index (χ1) is 9.34. The summed E-state index contributed by atoms with van der Waals surface area (Å²) in [4.78, 5) is 22.5. The first-order valence-corrected chi connectivity index (χ1v) is 6.35. The van der Waals surface area contributed by atoms with Crippen molar-refractivity contribution in [3.05, 3.63) is 34.1 Å². The van der Waals surface area contributed by atoms with Crippen LogP contribution in [0.1, 0.15) is 26.2 Å². The van der Waals surface area contributed by atoms with Crippen LogP contribution in [0.15, 0.2) is 18.2 Å². The summed E-state index contributed by atoms with van der Waals surface area (Å²) < 4.78 is 13.2. The summed E-state index contributed by atoms with van der Waals surface area (Å²) in [6.45, 7) is 1.73. The largest absolute Gasteiger partial charge is 0.327 e. The molecule has 1 amide bonds. The first-order valence-electron chi connectivity index (χ1n) is 6.35. The van der Waals surface area contributed by atoms with Gasteiger partial charge in [0.1, 0.15) is 11.5 Å². The number of nitrogens with one attached hydrogen (secondary N) is 1. The number of carbonyl (C=O) groups excluding carboxylic acids is 1. The molecule has 6 nitrogen and oxygen atoms in total. The van der Waals surface area contributed by atoms with Crippen LogP contribution in [0, 0.1) is 21.3 Å². The van der Waals surface area contributed by atoms with E-state index in [9.17, 15) is 19.3 Å². The number of nitrogens with zero attached hydrogens (tertiary/aromatic N) is 1. The van der Waals surface area contributed by atoms with E-state index < -0.39 is 22.1 Å². The van der Waals surface area contributed by atoms with Gasteiger partial charge in [0.25, 0.3) is 5.69 Å². The van der Waals surface area contributed by atoms with Gasteiger partial charge < -0.3 is 11.1 Å². The Morgan fingerprint density at radius 3 is 2.85 bits per heavy atom. The Hall–Kier alpha value is -2.02. The number of hydrogen-bond donors (Lipinski definition) is 2. The van der Waals surface area contributed by atoms with E-state index in [1.165, 1.54) is 0 Å². The molecule has 2 atom stereocenters. The number of nitrogens with two attached hydrogens (primary N) is 1. The van der Waals surface area contributed by atoms with Crippen molar-refractivity contribution in [3.8, 4) is 0 Å². The van der Waals surface area contributed by atoms with Crippen LogP contribution in [-0.2, 0) is 4.79 Å². The van der Waals surface area contributed by atoms with Gasteiger partial charge in [0.05, 0.1) is 10.3 Å². The Morgan fingerprint density at radius 2 is 2.30 bits per heavy atom. The van der Waals surface area contributed by atoms with Crippen molar-refractivity contribution in [1.29, 1.82) is 0 Å². The van der Waals surface area contributed by atoms with Crippen molar-refractivity contribution in [1.82, 2.24) is 0 Å². The SMILES string of the molecule is CC1(C(=O)Nc2cc(F)ccc2[N+](=O)[O-])CCCC1N. The van der Waals surface area contributed by atoms with E-state index in [1.54, 1.807) is 6.92 Å². The van der Waals surface area contributed by atoms with Gasteiger partial charge in [0.15, 0.2) is 0 Å². The highest BCUT2D eigenvalue weighted by molar-refractivity contribution is 5.97. The molecule has 0 spiro atoms. The zero-order valence-corrected chi connectivity index (χ0v) is 11.1. The quantitative estimate of drug-likeness (QED) is 0.655. The lowest BCUT2D eigenvalue weighted by Crippen LogP contribution is -2.44. The van der Waals surface area contributed by atoms with Crippen molar-refractivity contribution in [2.75, 3.05) is 5.32 Å². The predicted molar refractivity (Wildman–Crippen MR) is 71.6 cm³/mol. The first kappa shape index (κ1) is 14.4. The van der Waals surface area contributed by atoms with Crippen LogP contribution in [0.25, 0.3) is 0 Å². The number of nitro benzene ring substituents is 1. The minimum Gasteiger partial charge on any atom is -0.327 e. The van der Waals surface area contributed by atoms with E-state index in [0.29, 0.717) is 6.42 Å². The van der Waals surface area contributed by atoms with Gasteiger partial charge in [-0.3, -0.25) is 14.9 Å².